The van der Waals surface area contributed by atoms with Crippen molar-refractivity contribution in [3.05, 3.63) is 82.3 Å². The van der Waals surface area contributed by atoms with Crippen LogP contribution in [0.15, 0.2) is 76.8 Å². The Hall–Kier alpha value is -4.13. The Morgan fingerprint density at radius 2 is 1.73 bits per heavy atom. The molecule has 1 N–H and O–H groups in total. The molecule has 3 aromatic carbocycles. The first-order valence-corrected chi connectivity index (χ1v) is 12.0. The predicted octanol–water partition coefficient (Wildman–Crippen LogP) is 4.78. The molecule has 3 aromatic rings. The highest BCUT2D eigenvalue weighted by molar-refractivity contribution is 9.10. The minimum atomic E-state index is -0.629. The van der Waals surface area contributed by atoms with E-state index < -0.39 is 11.9 Å². The van der Waals surface area contributed by atoms with Gasteiger partial charge in [0, 0.05) is 13.7 Å². The molecule has 9 heteroatoms. The van der Waals surface area contributed by atoms with Crippen molar-refractivity contribution in [2.45, 2.75) is 0 Å². The van der Waals surface area contributed by atoms with Crippen molar-refractivity contribution >= 4 is 33.9 Å². The minimum absolute atomic E-state index is 0.0832. The van der Waals surface area contributed by atoms with Gasteiger partial charge in [0.1, 0.15) is 17.4 Å². The Bertz CT molecular complexity index is 1320. The zero-order chi connectivity index (χ0) is 26.6. The highest BCUT2D eigenvalue weighted by atomic mass is 79.9. The van der Waals surface area contributed by atoms with Crippen LogP contribution in [0.1, 0.15) is 5.56 Å². The van der Waals surface area contributed by atoms with Crippen LogP contribution in [-0.4, -0.2) is 45.9 Å². The Labute approximate surface area is 223 Å². The summed E-state index contributed by atoms with van der Waals surface area (Å²) in [6.45, 7) is 0.286. The summed E-state index contributed by atoms with van der Waals surface area (Å²) < 4.78 is 21.9. The maximum Gasteiger partial charge on any atom is 0.349 e. The van der Waals surface area contributed by atoms with Gasteiger partial charge in [0.25, 0.3) is 5.91 Å². The van der Waals surface area contributed by atoms with Crippen LogP contribution in [0.2, 0.25) is 0 Å². The number of amides is 1. The average Bonchev–Trinajstić information content (AvgIpc) is 2.92. The standard InChI is InChI=1S/C28H25BrN2O6/c1-34-13-12-31-28(33)22(17-30)14-19-8-10-25(26(15-19)35-2)37-27(32)18-36-24-11-9-21(16-23(24)29)20-6-4-3-5-7-20/h3-11,14-16H,12-13,18H2,1-2H3,(H,31,33)/b22-14+. The third-order valence-corrected chi connectivity index (χ3v) is 5.68. The van der Waals surface area contributed by atoms with E-state index in [1.165, 1.54) is 26.4 Å². The lowest BCUT2D eigenvalue weighted by Crippen LogP contribution is -2.27. The van der Waals surface area contributed by atoms with E-state index in [2.05, 4.69) is 21.2 Å². The number of carbonyl (C=O) groups is 2. The molecule has 0 aliphatic carbocycles. The molecular weight excluding hydrogens is 540 g/mol. The molecule has 0 unspecified atom stereocenters. The second-order valence-electron chi connectivity index (χ2n) is 7.60. The number of halogens is 1. The van der Waals surface area contributed by atoms with Gasteiger partial charge in [0.05, 0.1) is 18.2 Å². The van der Waals surface area contributed by atoms with Crippen LogP contribution < -0.4 is 19.5 Å². The van der Waals surface area contributed by atoms with E-state index in [1.54, 1.807) is 18.2 Å². The largest absolute Gasteiger partial charge is 0.493 e. The summed E-state index contributed by atoms with van der Waals surface area (Å²) in [7, 11) is 2.94. The summed E-state index contributed by atoms with van der Waals surface area (Å²) in [5, 5.41) is 11.9. The van der Waals surface area contributed by atoms with Gasteiger partial charge in [-0.15, -0.1) is 0 Å². The lowest BCUT2D eigenvalue weighted by molar-refractivity contribution is -0.136. The SMILES string of the molecule is COCCNC(=O)/C(C#N)=C/c1ccc(OC(=O)COc2ccc(-c3ccccc3)cc2Br)c(OC)c1. The number of esters is 1. The van der Waals surface area contributed by atoms with Gasteiger partial charge in [-0.2, -0.15) is 5.26 Å². The number of rotatable bonds is 11. The van der Waals surface area contributed by atoms with Gasteiger partial charge < -0.3 is 24.3 Å². The number of hydrogen-bond donors (Lipinski definition) is 1. The van der Waals surface area contributed by atoms with Crippen LogP contribution in [0.4, 0.5) is 0 Å². The molecule has 190 valence electrons. The van der Waals surface area contributed by atoms with Crippen LogP contribution in [0.25, 0.3) is 17.2 Å². The molecule has 8 nitrogen and oxygen atoms in total. The van der Waals surface area contributed by atoms with Crippen LogP contribution in [0, 0.1) is 11.3 Å². The number of hydrogen-bond acceptors (Lipinski definition) is 7. The number of carbonyl (C=O) groups excluding carboxylic acids is 2. The van der Waals surface area contributed by atoms with E-state index in [-0.39, 0.29) is 30.2 Å². The third kappa shape index (κ3) is 7.93. The Kier molecular flexibility index (Phi) is 10.3. The van der Waals surface area contributed by atoms with E-state index in [0.717, 1.165) is 11.1 Å². The summed E-state index contributed by atoms with van der Waals surface area (Å²) in [5.74, 6) is -0.218. The molecular formula is C28H25BrN2O6. The fraction of sp³-hybridized carbons (Fsp3) is 0.179. The zero-order valence-corrected chi connectivity index (χ0v) is 21.9. The molecule has 0 aliphatic heterocycles. The molecule has 37 heavy (non-hydrogen) atoms. The monoisotopic (exact) mass is 564 g/mol. The Balaban J connectivity index is 1.63. The van der Waals surface area contributed by atoms with Gasteiger partial charge in [-0.05, 0) is 63.0 Å². The first kappa shape index (κ1) is 27.5. The van der Waals surface area contributed by atoms with E-state index >= 15 is 0 Å². The quantitative estimate of drug-likeness (QED) is 0.117. The molecule has 0 radical (unpaired) electrons. The van der Waals surface area contributed by atoms with Gasteiger partial charge in [-0.25, -0.2) is 4.79 Å². The van der Waals surface area contributed by atoms with E-state index in [4.69, 9.17) is 18.9 Å². The fourth-order valence-corrected chi connectivity index (χ4v) is 3.75. The molecule has 0 aliphatic rings. The van der Waals surface area contributed by atoms with Crippen LogP contribution in [0.5, 0.6) is 17.2 Å². The summed E-state index contributed by atoms with van der Waals surface area (Å²) in [5.41, 5.74) is 2.51. The average molecular weight is 565 g/mol. The molecule has 0 atom stereocenters. The maximum atomic E-state index is 12.4. The molecule has 0 bridgehead atoms. The lowest BCUT2D eigenvalue weighted by atomic mass is 10.1. The normalized spacial score (nSPS) is 10.8. The molecule has 0 aromatic heterocycles. The van der Waals surface area contributed by atoms with Crippen molar-refractivity contribution in [2.24, 2.45) is 0 Å². The summed E-state index contributed by atoms with van der Waals surface area (Å²) in [4.78, 5) is 24.6. The Morgan fingerprint density at radius 3 is 2.41 bits per heavy atom. The number of benzene rings is 3. The molecule has 0 saturated carbocycles. The molecule has 0 fully saturated rings. The predicted molar refractivity (Wildman–Crippen MR) is 142 cm³/mol. The topological polar surface area (TPSA) is 107 Å². The Morgan fingerprint density at radius 1 is 0.973 bits per heavy atom. The maximum absolute atomic E-state index is 12.4. The first-order valence-electron chi connectivity index (χ1n) is 11.2. The van der Waals surface area contributed by atoms with Gasteiger partial charge in [-0.1, -0.05) is 42.5 Å². The van der Waals surface area contributed by atoms with E-state index in [9.17, 15) is 14.9 Å². The van der Waals surface area contributed by atoms with Gasteiger partial charge >= 0.3 is 5.97 Å². The smallest absolute Gasteiger partial charge is 0.349 e. The summed E-state index contributed by atoms with van der Waals surface area (Å²) in [6.07, 6.45) is 1.41. The number of nitrogens with zero attached hydrogens (tertiary/aromatic N) is 1. The van der Waals surface area contributed by atoms with E-state index in [1.807, 2.05) is 48.5 Å². The van der Waals surface area contributed by atoms with Crippen molar-refractivity contribution in [2.75, 3.05) is 34.0 Å². The van der Waals surface area contributed by atoms with Crippen molar-refractivity contribution < 1.29 is 28.5 Å². The van der Waals surface area contributed by atoms with Gasteiger partial charge in [0.15, 0.2) is 18.1 Å². The lowest BCUT2D eigenvalue weighted by Gasteiger charge is -2.12. The van der Waals surface area contributed by atoms with Gasteiger partial charge in [-0.3, -0.25) is 4.79 Å². The molecule has 0 spiro atoms. The van der Waals surface area contributed by atoms with Crippen molar-refractivity contribution in [1.29, 1.82) is 5.26 Å². The third-order valence-electron chi connectivity index (χ3n) is 5.06. The van der Waals surface area contributed by atoms with Crippen molar-refractivity contribution in [3.63, 3.8) is 0 Å². The fourth-order valence-electron chi connectivity index (χ4n) is 3.25. The van der Waals surface area contributed by atoms with Crippen LogP contribution >= 0.6 is 15.9 Å². The second kappa shape index (κ2) is 13.8. The van der Waals surface area contributed by atoms with Crippen molar-refractivity contribution in [3.8, 4) is 34.4 Å². The summed E-state index contributed by atoms with van der Waals surface area (Å²) >= 11 is 3.49. The summed E-state index contributed by atoms with van der Waals surface area (Å²) in [6, 6.07) is 22.0. The molecule has 0 heterocycles. The number of ether oxygens (including phenoxy) is 4. The number of methoxy groups -OCH3 is 2. The zero-order valence-electron chi connectivity index (χ0n) is 20.3. The molecule has 0 saturated heterocycles. The van der Waals surface area contributed by atoms with Gasteiger partial charge in [0.2, 0.25) is 0 Å². The highest BCUT2D eigenvalue weighted by Gasteiger charge is 2.14. The minimum Gasteiger partial charge on any atom is -0.493 e. The van der Waals surface area contributed by atoms with Crippen LogP contribution in [0.3, 0.4) is 0 Å². The van der Waals surface area contributed by atoms with Crippen LogP contribution in [-0.2, 0) is 14.3 Å². The van der Waals surface area contributed by atoms with Crippen molar-refractivity contribution in [1.82, 2.24) is 5.32 Å². The molecule has 1 amide bonds. The highest BCUT2D eigenvalue weighted by Crippen LogP contribution is 2.32. The second-order valence-corrected chi connectivity index (χ2v) is 8.46. The van der Waals surface area contributed by atoms with E-state index in [0.29, 0.717) is 22.4 Å². The number of nitriles is 1. The number of nitrogens with one attached hydrogen (secondary N) is 1. The first-order chi connectivity index (χ1) is 17.9. The molecule has 3 rings (SSSR count).